The van der Waals surface area contributed by atoms with Crippen molar-refractivity contribution in [3.8, 4) is 11.5 Å². The van der Waals surface area contributed by atoms with E-state index in [4.69, 9.17) is 21.1 Å². The number of carbonyl (C=O) groups excluding carboxylic acids is 1. The zero-order chi connectivity index (χ0) is 22.6. The van der Waals surface area contributed by atoms with E-state index in [1.54, 1.807) is 23.4 Å². The van der Waals surface area contributed by atoms with Crippen LogP contribution in [-0.4, -0.2) is 45.9 Å². The smallest absolute Gasteiger partial charge is 0.255 e. The van der Waals surface area contributed by atoms with E-state index in [0.717, 1.165) is 25.7 Å². The molecule has 1 N–H and O–H groups in total. The Morgan fingerprint density at radius 2 is 1.71 bits per heavy atom. The highest BCUT2D eigenvalue weighted by Crippen LogP contribution is 2.36. The highest BCUT2D eigenvalue weighted by atomic mass is 35.5. The summed E-state index contributed by atoms with van der Waals surface area (Å²) in [6, 6.07) is 7.87. The number of sulfonamides is 1. The van der Waals surface area contributed by atoms with Crippen molar-refractivity contribution in [1.82, 2.24) is 4.31 Å². The van der Waals surface area contributed by atoms with Crippen molar-refractivity contribution >= 4 is 33.2 Å². The predicted octanol–water partition coefficient (Wildman–Crippen LogP) is 4.48. The SMILES string of the molecule is COc1cc(C(=O)Nc2ccc(C)c(S(=O)(=O)N3CCCCCC3)c2)cc(Cl)c1OC. The molecule has 0 bridgehead atoms. The molecular formula is C22H27ClN2O5S. The number of aryl methyl sites for hydroxylation is 1. The van der Waals surface area contributed by atoms with Crippen molar-refractivity contribution in [3.05, 3.63) is 46.5 Å². The van der Waals surface area contributed by atoms with Crippen molar-refractivity contribution < 1.29 is 22.7 Å². The number of methoxy groups -OCH3 is 2. The molecule has 3 rings (SSSR count). The van der Waals surface area contributed by atoms with Crippen LogP contribution in [0.4, 0.5) is 5.69 Å². The Balaban J connectivity index is 1.88. The van der Waals surface area contributed by atoms with Gasteiger partial charge in [-0.3, -0.25) is 4.79 Å². The summed E-state index contributed by atoms with van der Waals surface area (Å²) in [5.74, 6) is 0.222. The molecule has 1 heterocycles. The average Bonchev–Trinajstić information content (AvgIpc) is 3.04. The Morgan fingerprint density at radius 3 is 2.32 bits per heavy atom. The second kappa shape index (κ2) is 9.89. The van der Waals surface area contributed by atoms with Crippen LogP contribution in [0, 0.1) is 6.92 Å². The maximum absolute atomic E-state index is 13.2. The van der Waals surface area contributed by atoms with Gasteiger partial charge in [0, 0.05) is 24.3 Å². The molecule has 0 spiro atoms. The van der Waals surface area contributed by atoms with E-state index in [9.17, 15) is 13.2 Å². The zero-order valence-electron chi connectivity index (χ0n) is 17.9. The van der Waals surface area contributed by atoms with Crippen LogP contribution < -0.4 is 14.8 Å². The average molecular weight is 467 g/mol. The monoisotopic (exact) mass is 466 g/mol. The van der Waals surface area contributed by atoms with E-state index in [2.05, 4.69) is 5.32 Å². The van der Waals surface area contributed by atoms with Crippen LogP contribution >= 0.6 is 11.6 Å². The van der Waals surface area contributed by atoms with Crippen LogP contribution in [0.15, 0.2) is 35.2 Å². The number of amides is 1. The number of hydrogen-bond donors (Lipinski definition) is 1. The first-order chi connectivity index (χ1) is 14.8. The van der Waals surface area contributed by atoms with Gasteiger partial charge in [0.1, 0.15) is 0 Å². The molecule has 2 aromatic rings. The molecule has 31 heavy (non-hydrogen) atoms. The summed E-state index contributed by atoms with van der Waals surface area (Å²) in [5.41, 5.74) is 1.28. The van der Waals surface area contributed by atoms with Gasteiger partial charge in [0.15, 0.2) is 11.5 Å². The van der Waals surface area contributed by atoms with Gasteiger partial charge in [0.05, 0.1) is 24.1 Å². The summed E-state index contributed by atoms with van der Waals surface area (Å²) in [4.78, 5) is 13.0. The molecule has 1 fully saturated rings. The molecular weight excluding hydrogens is 440 g/mol. The van der Waals surface area contributed by atoms with Crippen molar-refractivity contribution in [3.63, 3.8) is 0 Å². The van der Waals surface area contributed by atoms with Crippen LogP contribution in [0.2, 0.25) is 5.02 Å². The molecule has 1 aliphatic rings. The minimum absolute atomic E-state index is 0.206. The van der Waals surface area contributed by atoms with Crippen molar-refractivity contribution in [2.75, 3.05) is 32.6 Å². The summed E-state index contributed by atoms with van der Waals surface area (Å²) in [6.07, 6.45) is 3.79. The van der Waals surface area contributed by atoms with E-state index in [1.165, 1.54) is 32.4 Å². The summed E-state index contributed by atoms with van der Waals surface area (Å²) in [6.45, 7) is 2.79. The normalized spacial score (nSPS) is 15.2. The fourth-order valence-electron chi connectivity index (χ4n) is 3.63. The van der Waals surface area contributed by atoms with Gasteiger partial charge in [-0.1, -0.05) is 30.5 Å². The maximum atomic E-state index is 13.2. The van der Waals surface area contributed by atoms with E-state index < -0.39 is 15.9 Å². The Labute approximate surface area is 188 Å². The largest absolute Gasteiger partial charge is 0.493 e. The van der Waals surface area contributed by atoms with E-state index in [1.807, 2.05) is 0 Å². The van der Waals surface area contributed by atoms with Gasteiger partial charge in [0.25, 0.3) is 5.91 Å². The molecule has 1 saturated heterocycles. The van der Waals surface area contributed by atoms with Crippen LogP contribution in [0.5, 0.6) is 11.5 Å². The van der Waals surface area contributed by atoms with Crippen LogP contribution in [0.25, 0.3) is 0 Å². The first kappa shape index (κ1) is 23.4. The third-order valence-electron chi connectivity index (χ3n) is 5.32. The highest BCUT2D eigenvalue weighted by molar-refractivity contribution is 7.89. The quantitative estimate of drug-likeness (QED) is 0.678. The number of rotatable bonds is 6. The Hall–Kier alpha value is -2.29. The molecule has 1 amide bonds. The molecule has 9 heteroatoms. The highest BCUT2D eigenvalue weighted by Gasteiger charge is 2.27. The van der Waals surface area contributed by atoms with Crippen LogP contribution in [-0.2, 0) is 10.0 Å². The fraction of sp³-hybridized carbons (Fsp3) is 0.409. The number of anilines is 1. The standard InChI is InChI=1S/C22H27ClN2O5S/c1-15-8-9-17(14-20(15)31(27,28)25-10-6-4-5-7-11-25)24-22(26)16-12-18(23)21(30-3)19(13-16)29-2/h8-9,12-14H,4-7,10-11H2,1-3H3,(H,24,26). The number of hydrogen-bond acceptors (Lipinski definition) is 5. The van der Waals surface area contributed by atoms with E-state index in [0.29, 0.717) is 35.8 Å². The van der Waals surface area contributed by atoms with Gasteiger partial charge in [-0.2, -0.15) is 4.31 Å². The summed E-state index contributed by atoms with van der Waals surface area (Å²) in [7, 11) is -0.726. The molecule has 0 atom stereocenters. The topological polar surface area (TPSA) is 84.9 Å². The van der Waals surface area contributed by atoms with Crippen molar-refractivity contribution in [2.24, 2.45) is 0 Å². The third-order valence-corrected chi connectivity index (χ3v) is 7.65. The molecule has 1 aliphatic heterocycles. The lowest BCUT2D eigenvalue weighted by Crippen LogP contribution is -2.32. The van der Waals surface area contributed by atoms with Gasteiger partial charge >= 0.3 is 0 Å². The summed E-state index contributed by atoms with van der Waals surface area (Å²) in [5, 5.41) is 2.99. The van der Waals surface area contributed by atoms with Gasteiger partial charge in [-0.25, -0.2) is 8.42 Å². The lowest BCUT2D eigenvalue weighted by molar-refractivity contribution is 0.102. The Kier molecular flexibility index (Phi) is 7.46. The number of carbonyl (C=O) groups is 1. The predicted molar refractivity (Wildman–Crippen MR) is 121 cm³/mol. The number of ether oxygens (including phenoxy) is 2. The van der Waals surface area contributed by atoms with Crippen molar-refractivity contribution in [2.45, 2.75) is 37.5 Å². The summed E-state index contributed by atoms with van der Waals surface area (Å²) < 4.78 is 38.4. The Bertz CT molecular complexity index is 1060. The Morgan fingerprint density at radius 1 is 1.03 bits per heavy atom. The van der Waals surface area contributed by atoms with Crippen molar-refractivity contribution in [1.29, 1.82) is 0 Å². The minimum Gasteiger partial charge on any atom is -0.493 e. The number of halogens is 1. The molecule has 0 saturated carbocycles. The van der Waals surface area contributed by atoms with E-state index >= 15 is 0 Å². The second-order valence-corrected chi connectivity index (χ2v) is 9.76. The van der Waals surface area contributed by atoms with Gasteiger partial charge in [-0.15, -0.1) is 0 Å². The van der Waals surface area contributed by atoms with Gasteiger partial charge in [0.2, 0.25) is 10.0 Å². The number of nitrogens with one attached hydrogen (secondary N) is 1. The van der Waals surface area contributed by atoms with E-state index in [-0.39, 0.29) is 15.5 Å². The molecule has 2 aromatic carbocycles. The summed E-state index contributed by atoms with van der Waals surface area (Å²) >= 11 is 6.20. The first-order valence-electron chi connectivity index (χ1n) is 10.1. The van der Waals surface area contributed by atoms with Gasteiger partial charge < -0.3 is 14.8 Å². The molecule has 0 aromatic heterocycles. The maximum Gasteiger partial charge on any atom is 0.255 e. The van der Waals surface area contributed by atoms with Crippen LogP contribution in [0.1, 0.15) is 41.6 Å². The lowest BCUT2D eigenvalue weighted by Gasteiger charge is -2.21. The molecule has 7 nitrogen and oxygen atoms in total. The van der Waals surface area contributed by atoms with Crippen LogP contribution in [0.3, 0.4) is 0 Å². The molecule has 0 radical (unpaired) electrons. The van der Waals surface area contributed by atoms with Gasteiger partial charge in [-0.05, 0) is 49.6 Å². The zero-order valence-corrected chi connectivity index (χ0v) is 19.5. The molecule has 168 valence electrons. The number of benzene rings is 2. The fourth-order valence-corrected chi connectivity index (χ4v) is 5.68. The lowest BCUT2D eigenvalue weighted by atomic mass is 10.1. The molecule has 0 aliphatic carbocycles. The number of nitrogens with zero attached hydrogens (tertiary/aromatic N) is 1. The molecule has 0 unspecified atom stereocenters. The third kappa shape index (κ3) is 5.14. The second-order valence-electron chi connectivity index (χ2n) is 7.45. The first-order valence-corrected chi connectivity index (χ1v) is 11.9. The minimum atomic E-state index is -3.64.